The molecule has 1 aromatic carbocycles. The molecule has 1 aromatic heterocycles. The summed E-state index contributed by atoms with van der Waals surface area (Å²) in [5.41, 5.74) is 1.29. The van der Waals surface area contributed by atoms with Crippen LogP contribution in [0, 0.1) is 6.92 Å². The Morgan fingerprint density at radius 2 is 1.94 bits per heavy atom. The minimum absolute atomic E-state index is 0. The lowest BCUT2D eigenvalue weighted by Crippen LogP contribution is -2.53. The van der Waals surface area contributed by atoms with Crippen LogP contribution in [0.15, 0.2) is 29.3 Å². The number of aryl methyl sites for hydroxylation is 1. The van der Waals surface area contributed by atoms with E-state index in [1.165, 1.54) is 5.56 Å². The molecule has 176 valence electrons. The molecule has 4 rings (SSSR count). The smallest absolute Gasteiger partial charge is 0.194 e. The monoisotopic (exact) mass is 573 g/mol. The molecule has 0 radical (unpaired) electrons. The van der Waals surface area contributed by atoms with Gasteiger partial charge in [-0.1, -0.05) is 23.7 Å². The van der Waals surface area contributed by atoms with Gasteiger partial charge in [-0.05, 0) is 37.5 Å². The van der Waals surface area contributed by atoms with Gasteiger partial charge in [0.25, 0.3) is 0 Å². The van der Waals surface area contributed by atoms with Gasteiger partial charge in [0.2, 0.25) is 0 Å². The summed E-state index contributed by atoms with van der Waals surface area (Å²) in [6.07, 6.45) is 2.52. The van der Waals surface area contributed by atoms with E-state index >= 15 is 0 Å². The lowest BCUT2D eigenvalue weighted by Gasteiger charge is -2.37. The summed E-state index contributed by atoms with van der Waals surface area (Å²) in [6, 6.07) is 8.13. The second-order valence-corrected chi connectivity index (χ2v) is 8.70. The SMILES string of the molecule is Cc1nnc(CN=C(NCC2CCCO2)N2CCN(Cc3ccc(Cl)cc3)CC2)n1C.I. The molecular weight excluding hydrogens is 541 g/mol. The average Bonchev–Trinajstić information content (AvgIpc) is 3.41. The molecule has 2 aliphatic heterocycles. The van der Waals surface area contributed by atoms with Gasteiger partial charge in [0.15, 0.2) is 11.8 Å². The summed E-state index contributed by atoms with van der Waals surface area (Å²) >= 11 is 6.01. The van der Waals surface area contributed by atoms with Crippen molar-refractivity contribution < 1.29 is 4.74 Å². The van der Waals surface area contributed by atoms with Gasteiger partial charge in [0.1, 0.15) is 12.4 Å². The van der Waals surface area contributed by atoms with Crippen molar-refractivity contribution in [3.63, 3.8) is 0 Å². The number of hydrogen-bond donors (Lipinski definition) is 1. The third kappa shape index (κ3) is 6.79. The predicted molar refractivity (Wildman–Crippen MR) is 138 cm³/mol. The Kier molecular flexibility index (Phi) is 9.57. The number of guanidine groups is 1. The Morgan fingerprint density at radius 3 is 2.56 bits per heavy atom. The molecule has 0 saturated carbocycles. The first-order chi connectivity index (χ1) is 15.1. The van der Waals surface area contributed by atoms with E-state index in [4.69, 9.17) is 21.3 Å². The Labute approximate surface area is 212 Å². The highest BCUT2D eigenvalue weighted by atomic mass is 127. The normalized spacial score (nSPS) is 19.8. The van der Waals surface area contributed by atoms with Crippen LogP contribution in [-0.4, -0.2) is 76.0 Å². The van der Waals surface area contributed by atoms with E-state index in [0.29, 0.717) is 6.54 Å². The minimum Gasteiger partial charge on any atom is -0.376 e. The Morgan fingerprint density at radius 1 is 1.19 bits per heavy atom. The van der Waals surface area contributed by atoms with E-state index in [1.807, 2.05) is 30.7 Å². The number of nitrogens with zero attached hydrogens (tertiary/aromatic N) is 6. The van der Waals surface area contributed by atoms with Crippen LogP contribution in [0.4, 0.5) is 0 Å². The summed E-state index contributed by atoms with van der Waals surface area (Å²) in [4.78, 5) is 9.71. The summed E-state index contributed by atoms with van der Waals surface area (Å²) < 4.78 is 7.78. The molecule has 1 unspecified atom stereocenters. The van der Waals surface area contributed by atoms with E-state index in [1.54, 1.807) is 0 Å². The topological polar surface area (TPSA) is 70.8 Å². The van der Waals surface area contributed by atoms with Crippen LogP contribution in [0.2, 0.25) is 5.02 Å². The standard InChI is InChI=1S/C22H32ClN7O.HI/c1-17-26-27-21(28(17)2)15-25-22(24-14-20-4-3-13-31-20)30-11-9-29(10-12-30)16-18-5-7-19(23)8-6-18;/h5-8,20H,3-4,9-16H2,1-2H3,(H,24,25);1H. The van der Waals surface area contributed by atoms with Gasteiger partial charge in [-0.3, -0.25) is 4.90 Å². The molecular formula is C22H33ClIN7O. The lowest BCUT2D eigenvalue weighted by molar-refractivity contribution is 0.112. The van der Waals surface area contributed by atoms with Crippen LogP contribution in [-0.2, 0) is 24.9 Å². The predicted octanol–water partition coefficient (Wildman–Crippen LogP) is 2.84. The fourth-order valence-electron chi connectivity index (χ4n) is 3.98. The van der Waals surface area contributed by atoms with Crippen LogP contribution in [0.25, 0.3) is 0 Å². The zero-order valence-electron chi connectivity index (χ0n) is 18.8. The van der Waals surface area contributed by atoms with Gasteiger partial charge in [0.05, 0.1) is 6.10 Å². The van der Waals surface area contributed by atoms with Gasteiger partial charge >= 0.3 is 0 Å². The molecule has 0 amide bonds. The Hall–Kier alpha value is -1.43. The average molecular weight is 574 g/mol. The van der Waals surface area contributed by atoms with Crippen molar-refractivity contribution in [2.75, 3.05) is 39.3 Å². The maximum absolute atomic E-state index is 6.01. The van der Waals surface area contributed by atoms with Crippen molar-refractivity contribution in [1.29, 1.82) is 0 Å². The number of halogens is 2. The highest BCUT2D eigenvalue weighted by Gasteiger charge is 2.22. The van der Waals surface area contributed by atoms with Crippen LogP contribution in [0.3, 0.4) is 0 Å². The second-order valence-electron chi connectivity index (χ2n) is 8.27. The number of rotatable bonds is 6. The van der Waals surface area contributed by atoms with Crippen LogP contribution in [0.1, 0.15) is 30.1 Å². The van der Waals surface area contributed by atoms with Gasteiger partial charge in [0, 0.05) is 57.9 Å². The van der Waals surface area contributed by atoms with Gasteiger partial charge in [-0.15, -0.1) is 34.2 Å². The van der Waals surface area contributed by atoms with E-state index in [0.717, 1.165) is 81.3 Å². The molecule has 1 atom stereocenters. The maximum atomic E-state index is 6.01. The summed E-state index contributed by atoms with van der Waals surface area (Å²) in [7, 11) is 1.98. The Balaban J connectivity index is 0.00000289. The van der Waals surface area contributed by atoms with E-state index < -0.39 is 0 Å². The molecule has 3 heterocycles. The molecule has 32 heavy (non-hydrogen) atoms. The summed E-state index contributed by atoms with van der Waals surface area (Å²) in [5, 5.41) is 12.7. The van der Waals surface area contributed by atoms with Crippen molar-refractivity contribution in [2.45, 2.75) is 39.0 Å². The maximum Gasteiger partial charge on any atom is 0.194 e. The van der Waals surface area contributed by atoms with Crippen LogP contribution in [0.5, 0.6) is 0 Å². The van der Waals surface area contributed by atoms with Crippen molar-refractivity contribution >= 4 is 41.5 Å². The van der Waals surface area contributed by atoms with E-state index in [9.17, 15) is 0 Å². The van der Waals surface area contributed by atoms with Gasteiger partial charge in [-0.2, -0.15) is 0 Å². The molecule has 2 fully saturated rings. The first-order valence-corrected chi connectivity index (χ1v) is 11.4. The number of nitrogens with one attached hydrogen (secondary N) is 1. The molecule has 2 saturated heterocycles. The van der Waals surface area contributed by atoms with Crippen molar-refractivity contribution in [2.24, 2.45) is 12.0 Å². The zero-order valence-corrected chi connectivity index (χ0v) is 21.9. The van der Waals surface area contributed by atoms with Crippen molar-refractivity contribution in [3.05, 3.63) is 46.5 Å². The summed E-state index contributed by atoms with van der Waals surface area (Å²) in [6.45, 7) is 8.91. The molecule has 0 aliphatic carbocycles. The molecule has 2 aliphatic rings. The Bertz CT molecular complexity index is 875. The molecule has 10 heteroatoms. The third-order valence-electron chi connectivity index (χ3n) is 6.06. The number of aliphatic imine (C=N–C) groups is 1. The van der Waals surface area contributed by atoms with E-state index in [-0.39, 0.29) is 30.1 Å². The van der Waals surface area contributed by atoms with Crippen LogP contribution >= 0.6 is 35.6 Å². The summed E-state index contributed by atoms with van der Waals surface area (Å²) in [5.74, 6) is 2.70. The number of aromatic nitrogens is 3. The second kappa shape index (κ2) is 12.2. The van der Waals surface area contributed by atoms with Crippen LogP contribution < -0.4 is 5.32 Å². The van der Waals surface area contributed by atoms with Crippen molar-refractivity contribution in [1.82, 2.24) is 29.9 Å². The highest BCUT2D eigenvalue weighted by molar-refractivity contribution is 14.0. The molecule has 0 bridgehead atoms. The fourth-order valence-corrected chi connectivity index (χ4v) is 4.10. The van der Waals surface area contributed by atoms with Gasteiger partial charge < -0.3 is 19.5 Å². The minimum atomic E-state index is 0. The molecule has 0 spiro atoms. The molecule has 8 nitrogen and oxygen atoms in total. The third-order valence-corrected chi connectivity index (χ3v) is 6.31. The zero-order chi connectivity index (χ0) is 21.6. The van der Waals surface area contributed by atoms with Crippen molar-refractivity contribution in [3.8, 4) is 0 Å². The number of ether oxygens (including phenoxy) is 1. The first-order valence-electron chi connectivity index (χ1n) is 11.0. The fraction of sp³-hybridized carbons (Fsp3) is 0.591. The largest absolute Gasteiger partial charge is 0.376 e. The lowest BCUT2D eigenvalue weighted by atomic mass is 10.2. The first kappa shape index (κ1) is 25.2. The number of benzene rings is 1. The number of hydrogen-bond acceptors (Lipinski definition) is 5. The highest BCUT2D eigenvalue weighted by Crippen LogP contribution is 2.14. The molecule has 1 N–H and O–H groups in total. The molecule has 2 aromatic rings. The van der Waals surface area contributed by atoms with Gasteiger partial charge in [-0.25, -0.2) is 4.99 Å². The van der Waals surface area contributed by atoms with E-state index in [2.05, 4.69) is 37.4 Å². The number of piperazine rings is 1. The quantitative estimate of drug-likeness (QED) is 0.326.